The number of rotatable bonds is 4. The summed E-state index contributed by atoms with van der Waals surface area (Å²) in [5.74, 6) is -0.146. The van der Waals surface area contributed by atoms with Gasteiger partial charge in [0.2, 0.25) is 0 Å². The summed E-state index contributed by atoms with van der Waals surface area (Å²) in [5.41, 5.74) is 1.85. The summed E-state index contributed by atoms with van der Waals surface area (Å²) < 4.78 is 14.9. The van der Waals surface area contributed by atoms with Crippen LogP contribution in [0.3, 0.4) is 0 Å². The number of hydrogen-bond donors (Lipinski definition) is 1. The first-order chi connectivity index (χ1) is 9.09. The molecule has 0 spiro atoms. The van der Waals surface area contributed by atoms with Crippen LogP contribution in [-0.2, 0) is 0 Å². The Kier molecular flexibility index (Phi) is 5.13. The molecule has 0 bridgehead atoms. The van der Waals surface area contributed by atoms with E-state index in [-0.39, 0.29) is 11.9 Å². The molecule has 0 radical (unpaired) electrons. The van der Waals surface area contributed by atoms with Crippen molar-refractivity contribution in [3.8, 4) is 0 Å². The first-order valence-corrected chi connectivity index (χ1v) is 7.42. The number of halogens is 2. The van der Waals surface area contributed by atoms with E-state index in [0.717, 1.165) is 43.7 Å². The highest BCUT2D eigenvalue weighted by atomic mass is 79.9. The van der Waals surface area contributed by atoms with Crippen molar-refractivity contribution in [3.63, 3.8) is 0 Å². The van der Waals surface area contributed by atoms with Gasteiger partial charge in [0.05, 0.1) is 4.47 Å². The predicted octanol–water partition coefficient (Wildman–Crippen LogP) is 3.50. The molecule has 1 aliphatic rings. The van der Waals surface area contributed by atoms with Gasteiger partial charge in [-0.2, -0.15) is 0 Å². The van der Waals surface area contributed by atoms with Crippen molar-refractivity contribution >= 4 is 15.9 Å². The molecule has 1 fully saturated rings. The van der Waals surface area contributed by atoms with E-state index in [1.165, 1.54) is 0 Å². The first kappa shape index (κ1) is 14.7. The molecular formula is C15H20BrFN2. The average molecular weight is 327 g/mol. The lowest BCUT2D eigenvalue weighted by Gasteiger charge is -2.35. The molecular weight excluding hydrogens is 307 g/mol. The van der Waals surface area contributed by atoms with E-state index in [9.17, 15) is 4.39 Å². The number of hydrogen-bond acceptors (Lipinski definition) is 2. The van der Waals surface area contributed by atoms with Gasteiger partial charge in [-0.15, -0.1) is 6.58 Å². The van der Waals surface area contributed by atoms with Gasteiger partial charge in [-0.25, -0.2) is 4.39 Å². The van der Waals surface area contributed by atoms with Crippen LogP contribution >= 0.6 is 15.9 Å². The topological polar surface area (TPSA) is 15.3 Å². The molecule has 0 saturated carbocycles. The van der Waals surface area contributed by atoms with Gasteiger partial charge in [0.15, 0.2) is 0 Å². The van der Waals surface area contributed by atoms with Crippen molar-refractivity contribution in [1.29, 1.82) is 0 Å². The minimum Gasteiger partial charge on any atom is -0.314 e. The Morgan fingerprint density at radius 1 is 1.47 bits per heavy atom. The lowest BCUT2D eigenvalue weighted by atomic mass is 9.97. The third-order valence-corrected chi connectivity index (χ3v) is 4.09. The van der Waals surface area contributed by atoms with Gasteiger partial charge < -0.3 is 5.32 Å². The normalized spacial score (nSPS) is 18.3. The van der Waals surface area contributed by atoms with Gasteiger partial charge in [0.25, 0.3) is 0 Å². The summed E-state index contributed by atoms with van der Waals surface area (Å²) >= 11 is 3.28. The maximum atomic E-state index is 14.3. The molecule has 0 unspecified atom stereocenters. The minimum atomic E-state index is -0.146. The van der Waals surface area contributed by atoms with Crippen LogP contribution in [0.15, 0.2) is 34.8 Å². The molecule has 1 N–H and O–H groups in total. The third kappa shape index (κ3) is 3.65. The number of nitrogens with one attached hydrogen (secondary N) is 1. The fourth-order valence-electron chi connectivity index (χ4n) is 2.54. The van der Waals surface area contributed by atoms with E-state index < -0.39 is 0 Å². The minimum absolute atomic E-state index is 0.0806. The largest absolute Gasteiger partial charge is 0.314 e. The van der Waals surface area contributed by atoms with Gasteiger partial charge >= 0.3 is 0 Å². The maximum absolute atomic E-state index is 14.3. The second-order valence-corrected chi connectivity index (χ2v) is 5.96. The average Bonchev–Trinajstić information content (AvgIpc) is 2.40. The standard InChI is InChI=1S/C15H20BrFN2/c1-11(2)10-14(19-8-6-18-7-9-19)12-4-3-5-13(16)15(12)17/h3-5,14,18H,1,6-10H2,2H3/t14-/m0/s1. The van der Waals surface area contributed by atoms with Gasteiger partial charge in [-0.3, -0.25) is 4.90 Å². The molecule has 0 aromatic heterocycles. The quantitative estimate of drug-likeness (QED) is 0.852. The highest BCUT2D eigenvalue weighted by Gasteiger charge is 2.25. The Morgan fingerprint density at radius 2 is 2.16 bits per heavy atom. The second-order valence-electron chi connectivity index (χ2n) is 5.11. The fraction of sp³-hybridized carbons (Fsp3) is 0.467. The highest BCUT2D eigenvalue weighted by molar-refractivity contribution is 9.10. The Balaban J connectivity index is 2.30. The molecule has 0 amide bonds. The van der Waals surface area contributed by atoms with Crippen LogP contribution in [0, 0.1) is 5.82 Å². The Labute approximate surface area is 122 Å². The van der Waals surface area contributed by atoms with E-state index in [4.69, 9.17) is 0 Å². The van der Waals surface area contributed by atoms with E-state index >= 15 is 0 Å². The summed E-state index contributed by atoms with van der Waals surface area (Å²) in [4.78, 5) is 2.34. The molecule has 1 aromatic rings. The van der Waals surface area contributed by atoms with E-state index in [1.807, 2.05) is 19.1 Å². The monoisotopic (exact) mass is 326 g/mol. The SMILES string of the molecule is C=C(C)C[C@@H](c1cccc(Br)c1F)N1CCNCC1. The van der Waals surface area contributed by atoms with Crippen LogP contribution in [0.25, 0.3) is 0 Å². The van der Waals surface area contributed by atoms with Crippen LogP contribution < -0.4 is 5.32 Å². The van der Waals surface area contributed by atoms with Crippen LogP contribution in [-0.4, -0.2) is 31.1 Å². The Morgan fingerprint density at radius 3 is 2.79 bits per heavy atom. The van der Waals surface area contributed by atoms with Gasteiger partial charge in [0.1, 0.15) is 5.82 Å². The molecule has 19 heavy (non-hydrogen) atoms. The van der Waals surface area contributed by atoms with Gasteiger partial charge in [-0.1, -0.05) is 17.7 Å². The van der Waals surface area contributed by atoms with Crippen molar-refractivity contribution < 1.29 is 4.39 Å². The predicted molar refractivity (Wildman–Crippen MR) is 80.7 cm³/mol. The Bertz CT molecular complexity index is 455. The molecule has 1 atom stereocenters. The molecule has 2 nitrogen and oxygen atoms in total. The van der Waals surface area contributed by atoms with Crippen molar-refractivity contribution in [2.45, 2.75) is 19.4 Å². The van der Waals surface area contributed by atoms with E-state index in [2.05, 4.69) is 32.7 Å². The Hall–Kier alpha value is -0.710. The lowest BCUT2D eigenvalue weighted by Crippen LogP contribution is -2.45. The molecule has 1 aliphatic heterocycles. The molecule has 0 aliphatic carbocycles. The zero-order valence-corrected chi connectivity index (χ0v) is 12.8. The molecule has 1 aromatic carbocycles. The molecule has 104 valence electrons. The highest BCUT2D eigenvalue weighted by Crippen LogP contribution is 2.32. The van der Waals surface area contributed by atoms with E-state index in [1.54, 1.807) is 6.07 Å². The van der Waals surface area contributed by atoms with Crippen molar-refractivity contribution in [3.05, 3.63) is 46.2 Å². The smallest absolute Gasteiger partial charge is 0.142 e. The summed E-state index contributed by atoms with van der Waals surface area (Å²) in [5, 5.41) is 3.33. The van der Waals surface area contributed by atoms with Crippen molar-refractivity contribution in [2.24, 2.45) is 0 Å². The first-order valence-electron chi connectivity index (χ1n) is 6.62. The van der Waals surface area contributed by atoms with Gasteiger partial charge in [-0.05, 0) is 35.3 Å². The van der Waals surface area contributed by atoms with Crippen LogP contribution in [0.5, 0.6) is 0 Å². The molecule has 2 rings (SSSR count). The summed E-state index contributed by atoms with van der Waals surface area (Å²) in [6, 6.07) is 5.61. The zero-order chi connectivity index (χ0) is 13.8. The molecule has 1 heterocycles. The van der Waals surface area contributed by atoms with Crippen molar-refractivity contribution in [1.82, 2.24) is 10.2 Å². The van der Waals surface area contributed by atoms with Crippen LogP contribution in [0.1, 0.15) is 24.9 Å². The lowest BCUT2D eigenvalue weighted by molar-refractivity contribution is 0.169. The van der Waals surface area contributed by atoms with E-state index in [0.29, 0.717) is 4.47 Å². The zero-order valence-electron chi connectivity index (χ0n) is 11.3. The second kappa shape index (κ2) is 6.64. The fourth-order valence-corrected chi connectivity index (χ4v) is 2.92. The summed E-state index contributed by atoms with van der Waals surface area (Å²) in [6.45, 7) is 9.81. The molecule has 4 heteroatoms. The van der Waals surface area contributed by atoms with Crippen LogP contribution in [0.4, 0.5) is 4.39 Å². The van der Waals surface area contributed by atoms with Crippen molar-refractivity contribution in [2.75, 3.05) is 26.2 Å². The number of piperazine rings is 1. The third-order valence-electron chi connectivity index (χ3n) is 3.47. The van der Waals surface area contributed by atoms with Crippen LogP contribution in [0.2, 0.25) is 0 Å². The summed E-state index contributed by atoms with van der Waals surface area (Å²) in [7, 11) is 0. The number of nitrogens with zero attached hydrogens (tertiary/aromatic N) is 1. The van der Waals surface area contributed by atoms with Gasteiger partial charge in [0, 0.05) is 37.8 Å². The number of benzene rings is 1. The molecule has 1 saturated heterocycles. The summed E-state index contributed by atoms with van der Waals surface area (Å²) in [6.07, 6.45) is 0.799. The maximum Gasteiger partial charge on any atom is 0.142 e.